The third kappa shape index (κ3) is 2.39. The Morgan fingerprint density at radius 3 is 2.93 bits per heavy atom. The standard InChI is InChI=1S/C13H16O2/c1-15-12-4-2-3-11(9-12)13(7-8-14)10-5-6-10/h2-4,7,9-10,14H,5-6,8H2,1H3/b13-7-. The van der Waals surface area contributed by atoms with Crippen molar-refractivity contribution in [2.45, 2.75) is 12.8 Å². The van der Waals surface area contributed by atoms with E-state index in [1.165, 1.54) is 24.0 Å². The fraction of sp³-hybridized carbons (Fsp3) is 0.385. The van der Waals surface area contributed by atoms with E-state index in [1.54, 1.807) is 7.11 Å². The molecule has 2 rings (SSSR count). The van der Waals surface area contributed by atoms with Gasteiger partial charge in [0.05, 0.1) is 13.7 Å². The van der Waals surface area contributed by atoms with Gasteiger partial charge in [0, 0.05) is 0 Å². The van der Waals surface area contributed by atoms with Gasteiger partial charge in [-0.25, -0.2) is 0 Å². The second-order valence-electron chi connectivity index (χ2n) is 3.85. The molecule has 1 fully saturated rings. The van der Waals surface area contributed by atoms with Crippen LogP contribution in [0.15, 0.2) is 30.3 Å². The van der Waals surface area contributed by atoms with Crippen molar-refractivity contribution in [2.24, 2.45) is 5.92 Å². The molecule has 1 aromatic carbocycles. The molecule has 1 saturated carbocycles. The van der Waals surface area contributed by atoms with Crippen molar-refractivity contribution in [2.75, 3.05) is 13.7 Å². The van der Waals surface area contributed by atoms with Crippen molar-refractivity contribution in [3.63, 3.8) is 0 Å². The zero-order valence-electron chi connectivity index (χ0n) is 8.94. The Bertz CT molecular complexity index is 365. The number of hydrogen-bond donors (Lipinski definition) is 1. The Hall–Kier alpha value is -1.28. The number of methoxy groups -OCH3 is 1. The highest BCUT2D eigenvalue weighted by molar-refractivity contribution is 5.70. The van der Waals surface area contributed by atoms with Crippen LogP contribution in [0.3, 0.4) is 0 Å². The van der Waals surface area contributed by atoms with Crippen LogP contribution in [0.25, 0.3) is 5.57 Å². The Balaban J connectivity index is 2.28. The summed E-state index contributed by atoms with van der Waals surface area (Å²) < 4.78 is 5.19. The molecule has 1 aliphatic carbocycles. The molecule has 2 heteroatoms. The fourth-order valence-electron chi connectivity index (χ4n) is 1.82. The molecule has 0 saturated heterocycles. The van der Waals surface area contributed by atoms with Gasteiger partial charge in [-0.1, -0.05) is 18.2 Å². The van der Waals surface area contributed by atoms with Crippen LogP contribution < -0.4 is 4.74 Å². The van der Waals surface area contributed by atoms with Crippen molar-refractivity contribution in [3.8, 4) is 5.75 Å². The van der Waals surface area contributed by atoms with Gasteiger partial charge in [-0.2, -0.15) is 0 Å². The van der Waals surface area contributed by atoms with Crippen LogP contribution in [0, 0.1) is 5.92 Å². The number of hydrogen-bond acceptors (Lipinski definition) is 2. The predicted molar refractivity (Wildman–Crippen MR) is 60.8 cm³/mol. The van der Waals surface area contributed by atoms with Gasteiger partial charge in [-0.3, -0.25) is 0 Å². The van der Waals surface area contributed by atoms with Crippen LogP contribution in [0.5, 0.6) is 5.75 Å². The van der Waals surface area contributed by atoms with Crippen molar-refractivity contribution in [3.05, 3.63) is 35.9 Å². The Labute approximate surface area is 90.2 Å². The molecule has 0 radical (unpaired) electrons. The lowest BCUT2D eigenvalue weighted by molar-refractivity contribution is 0.343. The minimum atomic E-state index is 0.114. The fourth-order valence-corrected chi connectivity index (χ4v) is 1.82. The van der Waals surface area contributed by atoms with Gasteiger partial charge in [-0.15, -0.1) is 0 Å². The largest absolute Gasteiger partial charge is 0.497 e. The first-order valence-electron chi connectivity index (χ1n) is 5.30. The van der Waals surface area contributed by atoms with E-state index in [2.05, 4.69) is 6.07 Å². The molecule has 0 amide bonds. The van der Waals surface area contributed by atoms with Crippen LogP contribution >= 0.6 is 0 Å². The van der Waals surface area contributed by atoms with Crippen LogP contribution in [0.2, 0.25) is 0 Å². The molecule has 15 heavy (non-hydrogen) atoms. The first kappa shape index (κ1) is 10.2. The molecule has 1 aromatic rings. The van der Waals surface area contributed by atoms with E-state index in [0.29, 0.717) is 5.92 Å². The quantitative estimate of drug-likeness (QED) is 0.816. The van der Waals surface area contributed by atoms with Gasteiger partial charge in [0.25, 0.3) is 0 Å². The second kappa shape index (κ2) is 4.49. The SMILES string of the molecule is COc1cccc(/C(=C\CO)C2CC2)c1. The molecule has 0 aromatic heterocycles. The first-order chi connectivity index (χ1) is 7.35. The average molecular weight is 204 g/mol. The molecule has 2 nitrogen and oxygen atoms in total. The summed E-state index contributed by atoms with van der Waals surface area (Å²) in [6, 6.07) is 8.02. The van der Waals surface area contributed by atoms with Crippen molar-refractivity contribution in [1.29, 1.82) is 0 Å². The highest BCUT2D eigenvalue weighted by Crippen LogP contribution is 2.42. The zero-order chi connectivity index (χ0) is 10.7. The third-order valence-corrected chi connectivity index (χ3v) is 2.73. The summed E-state index contributed by atoms with van der Waals surface area (Å²) in [5, 5.41) is 8.99. The second-order valence-corrected chi connectivity index (χ2v) is 3.85. The maximum absolute atomic E-state index is 8.99. The molecule has 1 N–H and O–H groups in total. The normalized spacial score (nSPS) is 16.5. The first-order valence-corrected chi connectivity index (χ1v) is 5.30. The Morgan fingerprint density at radius 2 is 2.33 bits per heavy atom. The number of aliphatic hydroxyl groups excluding tert-OH is 1. The minimum Gasteiger partial charge on any atom is -0.497 e. The van der Waals surface area contributed by atoms with E-state index in [1.807, 2.05) is 24.3 Å². The van der Waals surface area contributed by atoms with Gasteiger partial charge in [-0.05, 0) is 42.0 Å². The topological polar surface area (TPSA) is 29.5 Å². The van der Waals surface area contributed by atoms with Gasteiger partial charge < -0.3 is 9.84 Å². The zero-order valence-corrected chi connectivity index (χ0v) is 8.94. The van der Waals surface area contributed by atoms with E-state index in [9.17, 15) is 0 Å². The summed E-state index contributed by atoms with van der Waals surface area (Å²) in [7, 11) is 1.67. The average Bonchev–Trinajstić information content (AvgIpc) is 3.10. The number of aliphatic hydroxyl groups is 1. The van der Waals surface area contributed by atoms with Crippen LogP contribution in [-0.4, -0.2) is 18.8 Å². The Kier molecular flexibility index (Phi) is 3.07. The third-order valence-electron chi connectivity index (χ3n) is 2.73. The van der Waals surface area contributed by atoms with Crippen LogP contribution in [0.4, 0.5) is 0 Å². The number of rotatable bonds is 4. The maximum atomic E-state index is 8.99. The van der Waals surface area contributed by atoms with Crippen LogP contribution in [-0.2, 0) is 0 Å². The van der Waals surface area contributed by atoms with Crippen LogP contribution in [0.1, 0.15) is 18.4 Å². The molecule has 0 aliphatic heterocycles. The van der Waals surface area contributed by atoms with E-state index in [-0.39, 0.29) is 6.61 Å². The number of ether oxygens (including phenoxy) is 1. The molecule has 0 bridgehead atoms. The van der Waals surface area contributed by atoms with Crippen molar-refractivity contribution >= 4 is 5.57 Å². The molecule has 1 aliphatic rings. The molecular formula is C13H16O2. The highest BCUT2D eigenvalue weighted by atomic mass is 16.5. The number of allylic oxidation sites excluding steroid dienone is 1. The summed E-state index contributed by atoms with van der Waals surface area (Å²) >= 11 is 0. The van der Waals surface area contributed by atoms with Crippen molar-refractivity contribution < 1.29 is 9.84 Å². The van der Waals surface area contributed by atoms with Gasteiger partial charge in [0.2, 0.25) is 0 Å². The maximum Gasteiger partial charge on any atom is 0.119 e. The highest BCUT2D eigenvalue weighted by Gasteiger charge is 2.26. The summed E-state index contributed by atoms with van der Waals surface area (Å²) in [5.74, 6) is 1.52. The molecule has 0 unspecified atom stereocenters. The monoisotopic (exact) mass is 204 g/mol. The van der Waals surface area contributed by atoms with Gasteiger partial charge in [0.15, 0.2) is 0 Å². The summed E-state index contributed by atoms with van der Waals surface area (Å²) in [6.45, 7) is 0.114. The lowest BCUT2D eigenvalue weighted by Crippen LogP contribution is -1.91. The summed E-state index contributed by atoms with van der Waals surface area (Å²) in [6.07, 6.45) is 4.39. The van der Waals surface area contributed by atoms with Gasteiger partial charge in [0.1, 0.15) is 5.75 Å². The van der Waals surface area contributed by atoms with Crippen molar-refractivity contribution in [1.82, 2.24) is 0 Å². The Morgan fingerprint density at radius 1 is 1.53 bits per heavy atom. The molecular weight excluding hydrogens is 188 g/mol. The molecule has 80 valence electrons. The van der Waals surface area contributed by atoms with E-state index < -0.39 is 0 Å². The van der Waals surface area contributed by atoms with E-state index in [0.717, 1.165) is 5.75 Å². The predicted octanol–water partition coefficient (Wildman–Crippen LogP) is 2.48. The van der Waals surface area contributed by atoms with Gasteiger partial charge >= 0.3 is 0 Å². The minimum absolute atomic E-state index is 0.114. The summed E-state index contributed by atoms with van der Waals surface area (Å²) in [4.78, 5) is 0. The lowest BCUT2D eigenvalue weighted by atomic mass is 10.0. The lowest BCUT2D eigenvalue weighted by Gasteiger charge is -2.07. The molecule has 0 atom stereocenters. The smallest absolute Gasteiger partial charge is 0.119 e. The van der Waals surface area contributed by atoms with E-state index >= 15 is 0 Å². The summed E-state index contributed by atoms with van der Waals surface area (Å²) in [5.41, 5.74) is 2.43. The molecule has 0 spiro atoms. The van der Waals surface area contributed by atoms with E-state index in [4.69, 9.17) is 9.84 Å². The number of benzene rings is 1. The molecule has 0 heterocycles.